The van der Waals surface area contributed by atoms with Gasteiger partial charge in [0.1, 0.15) is 18.0 Å². The molecule has 1 N–H and O–H groups in total. The molecule has 3 rings (SSSR count). The lowest BCUT2D eigenvalue weighted by molar-refractivity contribution is 0.623. The van der Waals surface area contributed by atoms with Gasteiger partial charge < -0.3 is 9.88 Å². The highest BCUT2D eigenvalue weighted by atomic mass is 19.1. The topological polar surface area (TPSA) is 73.5 Å². The Balaban J connectivity index is 1.88. The van der Waals surface area contributed by atoms with Crippen LogP contribution in [0.4, 0.5) is 10.1 Å². The second-order valence-electron chi connectivity index (χ2n) is 4.68. The molecule has 0 saturated heterocycles. The Bertz CT molecular complexity index is 735. The third kappa shape index (κ3) is 2.60. The van der Waals surface area contributed by atoms with Crippen LogP contribution in [-0.4, -0.2) is 29.8 Å². The van der Waals surface area contributed by atoms with Crippen molar-refractivity contribution in [1.82, 2.24) is 29.8 Å². The van der Waals surface area contributed by atoms with Crippen LogP contribution in [0.5, 0.6) is 0 Å². The molecular formula is C13H14FN7. The first-order chi connectivity index (χ1) is 10.1. The Labute approximate surface area is 120 Å². The van der Waals surface area contributed by atoms with Crippen molar-refractivity contribution in [2.24, 2.45) is 7.05 Å². The molecule has 0 fully saturated rings. The van der Waals surface area contributed by atoms with Gasteiger partial charge in [0, 0.05) is 19.4 Å². The van der Waals surface area contributed by atoms with Gasteiger partial charge in [-0.25, -0.2) is 14.1 Å². The first-order valence-electron chi connectivity index (χ1n) is 6.42. The highest BCUT2D eigenvalue weighted by Gasteiger charge is 2.13. The maximum absolute atomic E-state index is 14.0. The average molecular weight is 287 g/mol. The molecular weight excluding hydrogens is 273 g/mol. The number of anilines is 1. The number of nitrogens with one attached hydrogen (secondary N) is 1. The smallest absolute Gasteiger partial charge is 0.146 e. The van der Waals surface area contributed by atoms with Crippen LogP contribution in [-0.2, 0) is 7.05 Å². The lowest BCUT2D eigenvalue weighted by Gasteiger charge is -2.16. The fourth-order valence-electron chi connectivity index (χ4n) is 2.14. The van der Waals surface area contributed by atoms with Gasteiger partial charge in [-0.2, -0.15) is 0 Å². The highest BCUT2D eigenvalue weighted by Crippen LogP contribution is 2.23. The molecule has 1 atom stereocenters. The zero-order chi connectivity index (χ0) is 14.8. The minimum absolute atomic E-state index is 0.136. The van der Waals surface area contributed by atoms with Gasteiger partial charge in [0.05, 0.1) is 17.4 Å². The van der Waals surface area contributed by atoms with Gasteiger partial charge in [-0.15, -0.1) is 5.10 Å². The summed E-state index contributed by atoms with van der Waals surface area (Å²) in [5, 5.41) is 14.0. The van der Waals surface area contributed by atoms with E-state index in [0.717, 1.165) is 5.82 Å². The molecule has 1 aromatic carbocycles. The number of hydrogen-bond donors (Lipinski definition) is 1. The summed E-state index contributed by atoms with van der Waals surface area (Å²) in [6.45, 7) is 1.92. The van der Waals surface area contributed by atoms with Crippen molar-refractivity contribution in [3.8, 4) is 5.69 Å². The molecule has 0 radical (unpaired) electrons. The maximum atomic E-state index is 14.0. The van der Waals surface area contributed by atoms with E-state index in [1.165, 1.54) is 17.1 Å². The number of benzene rings is 1. The van der Waals surface area contributed by atoms with Crippen LogP contribution in [0.3, 0.4) is 0 Å². The van der Waals surface area contributed by atoms with Crippen molar-refractivity contribution in [2.75, 3.05) is 5.32 Å². The van der Waals surface area contributed by atoms with E-state index >= 15 is 0 Å². The van der Waals surface area contributed by atoms with Gasteiger partial charge in [0.2, 0.25) is 0 Å². The molecule has 2 heterocycles. The number of aryl methyl sites for hydroxylation is 1. The Kier molecular flexibility index (Phi) is 3.35. The van der Waals surface area contributed by atoms with Gasteiger partial charge in [0.25, 0.3) is 0 Å². The molecule has 0 aliphatic carbocycles. The van der Waals surface area contributed by atoms with Crippen molar-refractivity contribution < 1.29 is 4.39 Å². The van der Waals surface area contributed by atoms with E-state index in [-0.39, 0.29) is 11.9 Å². The van der Waals surface area contributed by atoms with E-state index in [1.54, 1.807) is 18.3 Å². The molecule has 0 aliphatic heterocycles. The Morgan fingerprint density at radius 2 is 2.19 bits per heavy atom. The molecule has 0 amide bonds. The minimum atomic E-state index is -0.340. The van der Waals surface area contributed by atoms with Gasteiger partial charge in [-0.1, -0.05) is 0 Å². The molecule has 0 aliphatic rings. The monoisotopic (exact) mass is 287 g/mol. The molecule has 3 aromatic rings. The predicted octanol–water partition coefficient (Wildman–Crippen LogP) is 1.71. The molecule has 8 heteroatoms. The third-order valence-corrected chi connectivity index (χ3v) is 3.18. The molecule has 108 valence electrons. The van der Waals surface area contributed by atoms with E-state index in [0.29, 0.717) is 11.4 Å². The molecule has 2 aromatic heterocycles. The highest BCUT2D eigenvalue weighted by molar-refractivity contribution is 5.52. The Morgan fingerprint density at radius 1 is 1.33 bits per heavy atom. The van der Waals surface area contributed by atoms with E-state index in [1.807, 2.05) is 24.7 Å². The number of halogens is 1. The van der Waals surface area contributed by atoms with Crippen LogP contribution in [0.15, 0.2) is 36.9 Å². The van der Waals surface area contributed by atoms with Gasteiger partial charge in [0.15, 0.2) is 0 Å². The fraction of sp³-hybridized carbons (Fsp3) is 0.231. The maximum Gasteiger partial charge on any atom is 0.146 e. The van der Waals surface area contributed by atoms with Gasteiger partial charge in [-0.3, -0.25) is 0 Å². The van der Waals surface area contributed by atoms with Crippen LogP contribution in [0, 0.1) is 5.82 Å². The molecule has 0 saturated carbocycles. The number of imidazole rings is 1. The van der Waals surface area contributed by atoms with Crippen LogP contribution in [0.2, 0.25) is 0 Å². The summed E-state index contributed by atoms with van der Waals surface area (Å²) >= 11 is 0. The number of aromatic nitrogens is 6. The van der Waals surface area contributed by atoms with Crippen LogP contribution < -0.4 is 5.32 Å². The normalized spacial score (nSPS) is 12.3. The van der Waals surface area contributed by atoms with Gasteiger partial charge >= 0.3 is 0 Å². The lowest BCUT2D eigenvalue weighted by atomic mass is 10.2. The SMILES string of the molecule is CC(Nc1cc(-n2cnnn2)ccc1F)c1nccn1C. The molecule has 0 spiro atoms. The lowest BCUT2D eigenvalue weighted by Crippen LogP contribution is -2.13. The standard InChI is InChI=1S/C13H14FN7/c1-9(13-15-5-6-20(13)2)17-12-7-10(3-4-11(12)14)21-8-16-18-19-21/h3-9,17H,1-2H3. The summed E-state index contributed by atoms with van der Waals surface area (Å²) in [4.78, 5) is 4.25. The zero-order valence-corrected chi connectivity index (χ0v) is 11.6. The second-order valence-corrected chi connectivity index (χ2v) is 4.68. The summed E-state index contributed by atoms with van der Waals surface area (Å²) in [6.07, 6.45) is 5.02. The van der Waals surface area contributed by atoms with Crippen molar-refractivity contribution in [3.63, 3.8) is 0 Å². The average Bonchev–Trinajstić information content (AvgIpc) is 3.12. The zero-order valence-electron chi connectivity index (χ0n) is 11.6. The Morgan fingerprint density at radius 3 is 2.86 bits per heavy atom. The molecule has 0 bridgehead atoms. The fourth-order valence-corrected chi connectivity index (χ4v) is 2.14. The van der Waals surface area contributed by atoms with Crippen molar-refractivity contribution >= 4 is 5.69 Å². The van der Waals surface area contributed by atoms with Crippen LogP contribution in [0.25, 0.3) is 5.69 Å². The summed E-state index contributed by atoms with van der Waals surface area (Å²) < 4.78 is 17.3. The van der Waals surface area contributed by atoms with Crippen molar-refractivity contribution in [2.45, 2.75) is 13.0 Å². The van der Waals surface area contributed by atoms with Gasteiger partial charge in [-0.05, 0) is 35.5 Å². The number of nitrogens with zero attached hydrogens (tertiary/aromatic N) is 6. The number of rotatable bonds is 4. The summed E-state index contributed by atoms with van der Waals surface area (Å²) in [5.74, 6) is 0.482. The number of hydrogen-bond acceptors (Lipinski definition) is 5. The second kappa shape index (κ2) is 5.31. The van der Waals surface area contributed by atoms with Crippen LogP contribution >= 0.6 is 0 Å². The molecule has 7 nitrogen and oxygen atoms in total. The third-order valence-electron chi connectivity index (χ3n) is 3.18. The quantitative estimate of drug-likeness (QED) is 0.790. The Hall–Kier alpha value is -2.77. The predicted molar refractivity (Wildman–Crippen MR) is 74.4 cm³/mol. The van der Waals surface area contributed by atoms with Crippen molar-refractivity contribution in [3.05, 3.63) is 48.6 Å². The summed E-state index contributed by atoms with van der Waals surface area (Å²) in [6, 6.07) is 4.52. The first kappa shape index (κ1) is 13.2. The van der Waals surface area contributed by atoms with E-state index in [4.69, 9.17) is 0 Å². The largest absolute Gasteiger partial charge is 0.373 e. The number of tetrazole rings is 1. The van der Waals surface area contributed by atoms with Crippen LogP contribution in [0.1, 0.15) is 18.8 Å². The van der Waals surface area contributed by atoms with E-state index < -0.39 is 0 Å². The van der Waals surface area contributed by atoms with E-state index in [2.05, 4.69) is 25.8 Å². The minimum Gasteiger partial charge on any atom is -0.373 e. The van der Waals surface area contributed by atoms with E-state index in [9.17, 15) is 4.39 Å². The van der Waals surface area contributed by atoms with Crippen molar-refractivity contribution in [1.29, 1.82) is 0 Å². The molecule has 21 heavy (non-hydrogen) atoms. The molecule has 1 unspecified atom stereocenters. The summed E-state index contributed by atoms with van der Waals surface area (Å²) in [5.41, 5.74) is 1.05. The first-order valence-corrected chi connectivity index (χ1v) is 6.42. The summed E-state index contributed by atoms with van der Waals surface area (Å²) in [7, 11) is 1.90.